The number of nitrogens with zero attached hydrogens (tertiary/aromatic N) is 1. The second kappa shape index (κ2) is 5.52. The molecule has 3 nitrogen and oxygen atoms in total. The number of ether oxygens (including phenoxy) is 1. The zero-order chi connectivity index (χ0) is 12.3. The Morgan fingerprint density at radius 2 is 2.41 bits per heavy atom. The Morgan fingerprint density at radius 3 is 3.00 bits per heavy atom. The molecule has 1 aliphatic rings. The molecule has 0 saturated carbocycles. The van der Waals surface area contributed by atoms with E-state index in [1.54, 1.807) is 0 Å². The van der Waals surface area contributed by atoms with Crippen molar-refractivity contribution < 1.29 is 4.74 Å². The van der Waals surface area contributed by atoms with Crippen LogP contribution in [-0.2, 0) is 4.74 Å². The van der Waals surface area contributed by atoms with Crippen LogP contribution >= 0.6 is 15.9 Å². The van der Waals surface area contributed by atoms with Crippen molar-refractivity contribution in [1.82, 2.24) is 0 Å². The van der Waals surface area contributed by atoms with Crippen molar-refractivity contribution in [2.75, 3.05) is 18.5 Å². The van der Waals surface area contributed by atoms with E-state index >= 15 is 0 Å². The van der Waals surface area contributed by atoms with E-state index in [1.165, 1.54) is 0 Å². The molecule has 1 aliphatic heterocycles. The monoisotopic (exact) mass is 294 g/mol. The van der Waals surface area contributed by atoms with Crippen LogP contribution in [0.3, 0.4) is 0 Å². The maximum absolute atomic E-state index is 8.83. The molecule has 0 radical (unpaired) electrons. The van der Waals surface area contributed by atoms with Crippen molar-refractivity contribution >= 4 is 21.6 Å². The van der Waals surface area contributed by atoms with Crippen LogP contribution in [0.5, 0.6) is 0 Å². The van der Waals surface area contributed by atoms with E-state index in [0.717, 1.165) is 29.7 Å². The van der Waals surface area contributed by atoms with Gasteiger partial charge in [0, 0.05) is 29.2 Å². The number of hydrogen-bond acceptors (Lipinski definition) is 3. The first kappa shape index (κ1) is 12.4. The molecule has 2 atom stereocenters. The molecule has 0 aliphatic carbocycles. The quantitative estimate of drug-likeness (QED) is 0.931. The van der Waals surface area contributed by atoms with Gasteiger partial charge >= 0.3 is 0 Å². The lowest BCUT2D eigenvalue weighted by Gasteiger charge is -2.15. The lowest BCUT2D eigenvalue weighted by molar-refractivity contribution is 0.108. The summed E-state index contributed by atoms with van der Waals surface area (Å²) in [5, 5.41) is 12.2. The molecule has 17 heavy (non-hydrogen) atoms. The van der Waals surface area contributed by atoms with E-state index in [0.29, 0.717) is 17.6 Å². The first-order valence-electron chi connectivity index (χ1n) is 5.76. The van der Waals surface area contributed by atoms with Crippen molar-refractivity contribution in [2.45, 2.75) is 19.4 Å². The fraction of sp³-hybridized carbons (Fsp3) is 0.462. The van der Waals surface area contributed by atoms with E-state index in [9.17, 15) is 0 Å². The third-order valence-electron chi connectivity index (χ3n) is 3.19. The van der Waals surface area contributed by atoms with Crippen LogP contribution in [0.15, 0.2) is 22.7 Å². The molecule has 1 heterocycles. The summed E-state index contributed by atoms with van der Waals surface area (Å²) in [4.78, 5) is 0. The Balaban J connectivity index is 1.95. The van der Waals surface area contributed by atoms with Crippen LogP contribution in [-0.4, -0.2) is 19.3 Å². The van der Waals surface area contributed by atoms with E-state index < -0.39 is 0 Å². The molecule has 4 heteroatoms. The number of anilines is 1. The Labute approximate surface area is 110 Å². The van der Waals surface area contributed by atoms with Crippen LogP contribution in [0.4, 0.5) is 5.69 Å². The maximum Gasteiger partial charge on any atom is 0.100 e. The average Bonchev–Trinajstić information content (AvgIpc) is 2.72. The molecule has 1 N–H and O–H groups in total. The zero-order valence-corrected chi connectivity index (χ0v) is 11.3. The van der Waals surface area contributed by atoms with Crippen LogP contribution in [0, 0.1) is 17.2 Å². The molecule has 2 unspecified atom stereocenters. The van der Waals surface area contributed by atoms with Gasteiger partial charge in [0.2, 0.25) is 0 Å². The lowest BCUT2D eigenvalue weighted by Crippen LogP contribution is -2.20. The summed E-state index contributed by atoms with van der Waals surface area (Å²) in [5.74, 6) is 0.574. The SMILES string of the molecule is CC1OCCC1CNc1ccc(C#N)c(Br)c1. The predicted molar refractivity (Wildman–Crippen MR) is 70.9 cm³/mol. The highest BCUT2D eigenvalue weighted by molar-refractivity contribution is 9.10. The van der Waals surface area contributed by atoms with Gasteiger partial charge in [-0.15, -0.1) is 0 Å². The van der Waals surface area contributed by atoms with Gasteiger partial charge in [-0.05, 0) is 47.5 Å². The second-order valence-corrected chi connectivity index (χ2v) is 5.17. The molecule has 90 valence electrons. The third kappa shape index (κ3) is 2.99. The summed E-state index contributed by atoms with van der Waals surface area (Å²) in [5.41, 5.74) is 1.70. The number of hydrogen-bond donors (Lipinski definition) is 1. The van der Waals surface area contributed by atoms with Gasteiger partial charge in [0.15, 0.2) is 0 Å². The molecule has 0 spiro atoms. The second-order valence-electron chi connectivity index (χ2n) is 4.31. The molecule has 2 rings (SSSR count). The van der Waals surface area contributed by atoms with Gasteiger partial charge in [-0.25, -0.2) is 0 Å². The zero-order valence-electron chi connectivity index (χ0n) is 9.74. The molecule has 0 aromatic heterocycles. The van der Waals surface area contributed by atoms with Gasteiger partial charge in [-0.3, -0.25) is 0 Å². The number of nitrogens with one attached hydrogen (secondary N) is 1. The van der Waals surface area contributed by atoms with Crippen LogP contribution in [0.25, 0.3) is 0 Å². The summed E-state index contributed by atoms with van der Waals surface area (Å²) in [6.45, 7) is 3.90. The molecule has 0 bridgehead atoms. The first-order valence-corrected chi connectivity index (χ1v) is 6.55. The lowest BCUT2D eigenvalue weighted by atomic mass is 10.0. The summed E-state index contributed by atoms with van der Waals surface area (Å²) in [6, 6.07) is 7.83. The summed E-state index contributed by atoms with van der Waals surface area (Å²) >= 11 is 3.39. The van der Waals surface area contributed by atoms with Crippen LogP contribution in [0.1, 0.15) is 18.9 Å². The largest absolute Gasteiger partial charge is 0.385 e. The van der Waals surface area contributed by atoms with Gasteiger partial charge in [-0.2, -0.15) is 5.26 Å². The van der Waals surface area contributed by atoms with Gasteiger partial charge in [-0.1, -0.05) is 0 Å². The van der Waals surface area contributed by atoms with Crippen molar-refractivity contribution in [2.24, 2.45) is 5.92 Å². The van der Waals surface area contributed by atoms with E-state index in [-0.39, 0.29) is 0 Å². The number of rotatable bonds is 3. The Kier molecular flexibility index (Phi) is 4.03. The fourth-order valence-electron chi connectivity index (χ4n) is 2.01. The molecule has 1 aromatic rings. The smallest absolute Gasteiger partial charge is 0.100 e. The summed E-state index contributed by atoms with van der Waals surface area (Å²) < 4.78 is 6.36. The summed E-state index contributed by atoms with van der Waals surface area (Å²) in [6.07, 6.45) is 1.45. The Bertz CT molecular complexity index is 442. The average molecular weight is 295 g/mol. The first-order chi connectivity index (χ1) is 8.20. The minimum Gasteiger partial charge on any atom is -0.385 e. The molecule has 1 fully saturated rings. The number of nitriles is 1. The van der Waals surface area contributed by atoms with Gasteiger partial charge in [0.05, 0.1) is 11.7 Å². The molecule has 1 aromatic carbocycles. The predicted octanol–water partition coefficient (Wildman–Crippen LogP) is 3.16. The van der Waals surface area contributed by atoms with Crippen molar-refractivity contribution in [3.05, 3.63) is 28.2 Å². The standard InChI is InChI=1S/C13H15BrN2O/c1-9-11(4-5-17-9)8-16-12-3-2-10(7-15)13(14)6-12/h2-3,6,9,11,16H,4-5,8H2,1H3. The minimum absolute atomic E-state index is 0.337. The fourth-order valence-corrected chi connectivity index (χ4v) is 2.48. The highest BCUT2D eigenvalue weighted by Gasteiger charge is 2.23. The van der Waals surface area contributed by atoms with Crippen molar-refractivity contribution in [3.63, 3.8) is 0 Å². The number of halogens is 1. The van der Waals surface area contributed by atoms with Crippen LogP contribution < -0.4 is 5.32 Å². The van der Waals surface area contributed by atoms with Crippen molar-refractivity contribution in [1.29, 1.82) is 5.26 Å². The van der Waals surface area contributed by atoms with Gasteiger partial charge in [0.25, 0.3) is 0 Å². The van der Waals surface area contributed by atoms with E-state index in [1.807, 2.05) is 18.2 Å². The molecular weight excluding hydrogens is 280 g/mol. The third-order valence-corrected chi connectivity index (χ3v) is 3.85. The van der Waals surface area contributed by atoms with Gasteiger partial charge < -0.3 is 10.1 Å². The minimum atomic E-state index is 0.337. The van der Waals surface area contributed by atoms with E-state index in [4.69, 9.17) is 10.00 Å². The normalized spacial score (nSPS) is 23.4. The topological polar surface area (TPSA) is 45.0 Å². The summed E-state index contributed by atoms with van der Waals surface area (Å²) in [7, 11) is 0. The van der Waals surface area contributed by atoms with E-state index in [2.05, 4.69) is 34.2 Å². The molecular formula is C13H15BrN2O. The number of benzene rings is 1. The highest BCUT2D eigenvalue weighted by Crippen LogP contribution is 2.23. The Morgan fingerprint density at radius 1 is 1.59 bits per heavy atom. The molecule has 0 amide bonds. The highest BCUT2D eigenvalue weighted by atomic mass is 79.9. The van der Waals surface area contributed by atoms with Gasteiger partial charge in [0.1, 0.15) is 6.07 Å². The maximum atomic E-state index is 8.83. The molecule has 1 saturated heterocycles. The van der Waals surface area contributed by atoms with Crippen molar-refractivity contribution in [3.8, 4) is 6.07 Å². The van der Waals surface area contributed by atoms with Crippen LogP contribution in [0.2, 0.25) is 0 Å². The Hall–Kier alpha value is -1.05.